The average Bonchev–Trinajstić information content (AvgIpc) is 2.41. The highest BCUT2D eigenvalue weighted by Gasteiger charge is 2.17. The summed E-state index contributed by atoms with van der Waals surface area (Å²) in [6.45, 7) is 9.97. The van der Waals surface area contributed by atoms with Crippen molar-refractivity contribution in [3.8, 4) is 0 Å². The Bertz CT molecular complexity index is 485. The summed E-state index contributed by atoms with van der Waals surface area (Å²) in [5.41, 5.74) is 0.958. The Hall–Kier alpha value is -1.36. The van der Waals surface area contributed by atoms with E-state index in [1.54, 1.807) is 10.7 Å². The van der Waals surface area contributed by atoms with Crippen LogP contribution in [0.5, 0.6) is 0 Å². The van der Waals surface area contributed by atoms with Crippen LogP contribution in [-0.4, -0.2) is 35.5 Å². The van der Waals surface area contributed by atoms with Crippen LogP contribution in [0.1, 0.15) is 33.6 Å². The van der Waals surface area contributed by atoms with E-state index in [9.17, 15) is 4.79 Å². The van der Waals surface area contributed by atoms with Crippen molar-refractivity contribution >= 4 is 5.69 Å². The second-order valence-electron chi connectivity index (χ2n) is 5.89. The first-order chi connectivity index (χ1) is 9.60. The Morgan fingerprint density at radius 3 is 3.00 bits per heavy atom. The molecule has 2 unspecified atom stereocenters. The summed E-state index contributed by atoms with van der Waals surface area (Å²) >= 11 is 0. The fraction of sp³-hybridized carbons (Fsp3) is 0.733. The van der Waals surface area contributed by atoms with Gasteiger partial charge in [-0.3, -0.25) is 4.79 Å². The standard InChI is InChI=1S/C15H26N4O/c1-4-16-13(3)11-19-15(20)8-14(9-17-19)18-7-5-6-12(2)10-18/h8-9,12-13,16H,4-7,10-11H2,1-3H3. The highest BCUT2D eigenvalue weighted by Crippen LogP contribution is 2.20. The van der Waals surface area contributed by atoms with Gasteiger partial charge < -0.3 is 10.2 Å². The number of nitrogens with zero attached hydrogens (tertiary/aromatic N) is 3. The summed E-state index contributed by atoms with van der Waals surface area (Å²) in [7, 11) is 0. The quantitative estimate of drug-likeness (QED) is 0.886. The normalized spacial score (nSPS) is 20.9. The molecule has 5 nitrogen and oxygen atoms in total. The van der Waals surface area contributed by atoms with Crippen molar-refractivity contribution in [3.05, 3.63) is 22.6 Å². The van der Waals surface area contributed by atoms with Crippen LogP contribution in [0.15, 0.2) is 17.1 Å². The van der Waals surface area contributed by atoms with Gasteiger partial charge in [-0.05, 0) is 32.2 Å². The van der Waals surface area contributed by atoms with Crippen LogP contribution in [0, 0.1) is 5.92 Å². The zero-order valence-electron chi connectivity index (χ0n) is 12.8. The van der Waals surface area contributed by atoms with Gasteiger partial charge in [0.25, 0.3) is 5.56 Å². The van der Waals surface area contributed by atoms with Crippen molar-refractivity contribution < 1.29 is 0 Å². The van der Waals surface area contributed by atoms with Gasteiger partial charge in [0.05, 0.1) is 18.4 Å². The molecule has 0 aromatic carbocycles. The fourth-order valence-corrected chi connectivity index (χ4v) is 2.83. The van der Waals surface area contributed by atoms with E-state index >= 15 is 0 Å². The van der Waals surface area contributed by atoms with Gasteiger partial charge in [0.15, 0.2) is 0 Å². The Kier molecular flexibility index (Phi) is 5.17. The molecule has 2 heterocycles. The van der Waals surface area contributed by atoms with Gasteiger partial charge in [0.1, 0.15) is 0 Å². The first-order valence-electron chi connectivity index (χ1n) is 7.65. The lowest BCUT2D eigenvalue weighted by Gasteiger charge is -2.32. The summed E-state index contributed by atoms with van der Waals surface area (Å²) in [6, 6.07) is 1.98. The van der Waals surface area contributed by atoms with E-state index in [1.807, 2.05) is 6.20 Å². The largest absolute Gasteiger partial charge is 0.370 e. The number of likely N-dealkylation sites (N-methyl/N-ethyl adjacent to an activating group) is 1. The molecule has 0 spiro atoms. The van der Waals surface area contributed by atoms with E-state index < -0.39 is 0 Å². The molecule has 1 aliphatic heterocycles. The van der Waals surface area contributed by atoms with Gasteiger partial charge in [0, 0.05) is 25.2 Å². The molecule has 20 heavy (non-hydrogen) atoms. The van der Waals surface area contributed by atoms with Crippen LogP contribution in [-0.2, 0) is 6.54 Å². The maximum absolute atomic E-state index is 12.1. The number of nitrogens with one attached hydrogen (secondary N) is 1. The number of piperidine rings is 1. The molecule has 1 aliphatic rings. The van der Waals surface area contributed by atoms with Crippen LogP contribution in [0.2, 0.25) is 0 Å². The first-order valence-corrected chi connectivity index (χ1v) is 7.65. The SMILES string of the molecule is CCNC(C)Cn1ncc(N2CCCC(C)C2)cc1=O. The van der Waals surface area contributed by atoms with E-state index in [0.717, 1.165) is 25.3 Å². The number of hydrogen-bond donors (Lipinski definition) is 1. The fourth-order valence-electron chi connectivity index (χ4n) is 2.83. The molecule has 0 radical (unpaired) electrons. The van der Waals surface area contributed by atoms with Crippen molar-refractivity contribution in [1.29, 1.82) is 0 Å². The van der Waals surface area contributed by atoms with Crippen molar-refractivity contribution in [2.45, 2.75) is 46.2 Å². The maximum Gasteiger partial charge on any atom is 0.268 e. The zero-order valence-corrected chi connectivity index (χ0v) is 12.8. The Labute approximate surface area is 121 Å². The molecule has 0 aliphatic carbocycles. The summed E-state index contributed by atoms with van der Waals surface area (Å²) in [5, 5.41) is 7.62. The Morgan fingerprint density at radius 1 is 1.55 bits per heavy atom. The molecule has 2 rings (SSSR count). The zero-order chi connectivity index (χ0) is 14.5. The molecule has 1 saturated heterocycles. The van der Waals surface area contributed by atoms with E-state index in [0.29, 0.717) is 12.5 Å². The monoisotopic (exact) mass is 278 g/mol. The number of rotatable bonds is 5. The van der Waals surface area contributed by atoms with Crippen LogP contribution < -0.4 is 15.8 Å². The van der Waals surface area contributed by atoms with Crippen LogP contribution in [0.25, 0.3) is 0 Å². The van der Waals surface area contributed by atoms with Gasteiger partial charge in [-0.25, -0.2) is 4.68 Å². The van der Waals surface area contributed by atoms with Crippen molar-refractivity contribution in [2.24, 2.45) is 5.92 Å². The average molecular weight is 278 g/mol. The second-order valence-corrected chi connectivity index (χ2v) is 5.89. The van der Waals surface area contributed by atoms with E-state index in [-0.39, 0.29) is 11.6 Å². The lowest BCUT2D eigenvalue weighted by molar-refractivity contribution is 0.437. The molecule has 0 bridgehead atoms. The smallest absolute Gasteiger partial charge is 0.268 e. The number of hydrogen-bond acceptors (Lipinski definition) is 4. The van der Waals surface area contributed by atoms with Gasteiger partial charge >= 0.3 is 0 Å². The van der Waals surface area contributed by atoms with Crippen molar-refractivity contribution in [1.82, 2.24) is 15.1 Å². The van der Waals surface area contributed by atoms with Crippen LogP contribution in [0.4, 0.5) is 5.69 Å². The molecule has 5 heteroatoms. The third-order valence-corrected chi connectivity index (χ3v) is 3.88. The van der Waals surface area contributed by atoms with Gasteiger partial charge in [-0.1, -0.05) is 13.8 Å². The highest BCUT2D eigenvalue weighted by molar-refractivity contribution is 5.43. The van der Waals surface area contributed by atoms with Gasteiger partial charge in [-0.2, -0.15) is 5.10 Å². The molecule has 112 valence electrons. The summed E-state index contributed by atoms with van der Waals surface area (Å²) in [6.07, 6.45) is 4.31. The number of anilines is 1. The molecule has 1 fully saturated rings. The number of aromatic nitrogens is 2. The Balaban J connectivity index is 2.07. The third-order valence-electron chi connectivity index (χ3n) is 3.88. The van der Waals surface area contributed by atoms with E-state index in [4.69, 9.17) is 0 Å². The summed E-state index contributed by atoms with van der Waals surface area (Å²) in [5.74, 6) is 0.694. The van der Waals surface area contributed by atoms with E-state index in [2.05, 4.69) is 36.1 Å². The van der Waals surface area contributed by atoms with Gasteiger partial charge in [0.2, 0.25) is 0 Å². The predicted octanol–water partition coefficient (Wildman–Crippen LogP) is 1.48. The summed E-state index contributed by atoms with van der Waals surface area (Å²) in [4.78, 5) is 14.4. The van der Waals surface area contributed by atoms with Crippen molar-refractivity contribution in [2.75, 3.05) is 24.5 Å². The maximum atomic E-state index is 12.1. The lowest BCUT2D eigenvalue weighted by atomic mass is 10.00. The molecule has 2 atom stereocenters. The lowest BCUT2D eigenvalue weighted by Crippen LogP contribution is -2.38. The predicted molar refractivity (Wildman–Crippen MR) is 82.2 cm³/mol. The molecule has 0 amide bonds. The van der Waals surface area contributed by atoms with Crippen LogP contribution in [0.3, 0.4) is 0 Å². The third kappa shape index (κ3) is 3.82. The molecule has 0 saturated carbocycles. The molecular formula is C15H26N4O. The molecular weight excluding hydrogens is 252 g/mol. The Morgan fingerprint density at radius 2 is 2.35 bits per heavy atom. The van der Waals surface area contributed by atoms with Crippen LogP contribution >= 0.6 is 0 Å². The minimum absolute atomic E-state index is 0.00882. The molecule has 1 aromatic heterocycles. The minimum Gasteiger partial charge on any atom is -0.370 e. The second kappa shape index (κ2) is 6.88. The molecule has 1 aromatic rings. The van der Waals surface area contributed by atoms with Gasteiger partial charge in [-0.15, -0.1) is 0 Å². The summed E-state index contributed by atoms with van der Waals surface area (Å²) < 4.78 is 1.55. The van der Waals surface area contributed by atoms with E-state index in [1.165, 1.54) is 12.8 Å². The topological polar surface area (TPSA) is 50.2 Å². The minimum atomic E-state index is -0.00882. The molecule has 1 N–H and O–H groups in total. The first kappa shape index (κ1) is 15.0. The highest BCUT2D eigenvalue weighted by atomic mass is 16.1. The van der Waals surface area contributed by atoms with Crippen molar-refractivity contribution in [3.63, 3.8) is 0 Å².